The molecule has 0 unspecified atom stereocenters. The van der Waals surface area contributed by atoms with Gasteiger partial charge >= 0.3 is 11.9 Å². The monoisotopic (exact) mass is 698 g/mol. The van der Waals surface area contributed by atoms with Gasteiger partial charge in [0.1, 0.15) is 23.9 Å². The highest BCUT2D eigenvalue weighted by atomic mass is 16.8. The van der Waals surface area contributed by atoms with Crippen molar-refractivity contribution in [1.29, 1.82) is 0 Å². The van der Waals surface area contributed by atoms with Gasteiger partial charge in [-0.3, -0.25) is 14.4 Å². The van der Waals surface area contributed by atoms with Crippen molar-refractivity contribution in [3.63, 3.8) is 0 Å². The number of hydrogen-bond acceptors (Lipinski definition) is 9. The van der Waals surface area contributed by atoms with Gasteiger partial charge in [0.05, 0.1) is 18.2 Å². The zero-order valence-corrected chi connectivity index (χ0v) is 31.0. The maximum absolute atomic E-state index is 13.7. The second kappa shape index (κ2) is 19.2. The number of nitrogens with zero attached hydrogens (tertiary/aromatic N) is 1. The maximum atomic E-state index is 13.7. The van der Waals surface area contributed by atoms with Crippen molar-refractivity contribution < 1.29 is 43.2 Å². The normalized spacial score (nSPS) is 20.5. The molecule has 1 heterocycles. The number of hydrogen-bond donors (Lipinski definition) is 2. The first-order chi connectivity index (χ1) is 23.7. The van der Waals surface area contributed by atoms with E-state index in [9.17, 15) is 24.3 Å². The summed E-state index contributed by atoms with van der Waals surface area (Å²) in [5.74, 6) is -2.49. The Morgan fingerprint density at radius 3 is 2.34 bits per heavy atom. The molecule has 0 spiro atoms. The largest absolute Gasteiger partial charge is 0.460 e. The third kappa shape index (κ3) is 12.7. The van der Waals surface area contributed by atoms with Gasteiger partial charge in [-0.05, 0) is 69.9 Å². The van der Waals surface area contributed by atoms with Crippen molar-refractivity contribution in [1.82, 2.24) is 10.2 Å². The Morgan fingerprint density at radius 2 is 1.74 bits per heavy atom. The zero-order chi connectivity index (χ0) is 36.9. The topological polar surface area (TPSA) is 141 Å². The van der Waals surface area contributed by atoms with E-state index in [4.69, 9.17) is 18.9 Å². The highest BCUT2D eigenvalue weighted by Crippen LogP contribution is 2.43. The molecule has 2 N–H and O–H groups in total. The molecule has 11 nitrogen and oxygen atoms in total. The summed E-state index contributed by atoms with van der Waals surface area (Å²) in [6.45, 7) is 9.25. The fraction of sp³-hybridized carbons (Fsp3) is 0.641. The Balaban J connectivity index is 1.85. The highest BCUT2D eigenvalue weighted by Gasteiger charge is 2.52. The van der Waals surface area contributed by atoms with Crippen molar-refractivity contribution in [2.24, 2.45) is 0 Å². The Bertz CT molecular complexity index is 1350. The molecule has 2 amide bonds. The van der Waals surface area contributed by atoms with E-state index >= 15 is 0 Å². The predicted molar refractivity (Wildman–Crippen MR) is 191 cm³/mol. The molecule has 1 aromatic carbocycles. The van der Waals surface area contributed by atoms with Crippen LogP contribution in [-0.2, 0) is 33.3 Å². The SMILES string of the molecule is CCCCCC1(CCCCC)O[C@@H]2[C@@H](C=C(C(=O)N[C@H](CO)CCC(=O)OC(C)(C)C)C[C@H]2OC(=O)c2cccc(C=CC(=O)N(C)C)c2)O1. The van der Waals surface area contributed by atoms with Gasteiger partial charge in [-0.25, -0.2) is 4.79 Å². The van der Waals surface area contributed by atoms with E-state index in [-0.39, 0.29) is 31.8 Å². The minimum atomic E-state index is -0.864. The molecule has 278 valence electrons. The standard InChI is InChI=1S/C39H58N2O9/c1-8-10-12-21-39(22-13-11-9-2)48-32-25-29(36(45)40-30(26-42)18-20-34(44)49-38(3,4)5)24-31(35(32)50-39)47-37(46)28-16-14-15-27(23-28)17-19-33(43)41(6)7/h14-17,19,23,25,30-32,35,42H,8-13,18,20-22,24,26H2,1-7H3,(H,40,45)/t30-,31+,32+,35-/m0/s1. The minimum Gasteiger partial charge on any atom is -0.460 e. The average molecular weight is 699 g/mol. The first kappa shape index (κ1) is 40.9. The van der Waals surface area contributed by atoms with Crippen LogP contribution in [0.4, 0.5) is 0 Å². The lowest BCUT2D eigenvalue weighted by molar-refractivity contribution is -0.190. The molecule has 1 fully saturated rings. The lowest BCUT2D eigenvalue weighted by Crippen LogP contribution is -2.45. The zero-order valence-electron chi connectivity index (χ0n) is 31.0. The number of benzene rings is 1. The van der Waals surface area contributed by atoms with Crippen LogP contribution in [0.5, 0.6) is 0 Å². The molecular weight excluding hydrogens is 640 g/mol. The van der Waals surface area contributed by atoms with Gasteiger partial charge in [-0.2, -0.15) is 0 Å². The van der Waals surface area contributed by atoms with E-state index < -0.39 is 53.6 Å². The van der Waals surface area contributed by atoms with Gasteiger partial charge in [-0.15, -0.1) is 0 Å². The van der Waals surface area contributed by atoms with Crippen molar-refractivity contribution in [3.05, 3.63) is 53.1 Å². The molecule has 2 aliphatic rings. The number of amides is 2. The molecule has 3 rings (SSSR count). The first-order valence-electron chi connectivity index (χ1n) is 18.1. The van der Waals surface area contributed by atoms with Crippen LogP contribution in [0.25, 0.3) is 6.08 Å². The predicted octanol–water partition coefficient (Wildman–Crippen LogP) is 5.88. The van der Waals surface area contributed by atoms with Gasteiger partial charge in [-0.1, -0.05) is 51.7 Å². The van der Waals surface area contributed by atoms with E-state index in [1.54, 1.807) is 71.3 Å². The van der Waals surface area contributed by atoms with Gasteiger partial charge in [0, 0.05) is 51.4 Å². The highest BCUT2D eigenvalue weighted by molar-refractivity contribution is 5.95. The number of aliphatic hydroxyl groups excluding tert-OH is 1. The summed E-state index contributed by atoms with van der Waals surface area (Å²) in [5.41, 5.74) is 0.656. The summed E-state index contributed by atoms with van der Waals surface area (Å²) in [6, 6.07) is 6.10. The smallest absolute Gasteiger partial charge is 0.338 e. The van der Waals surface area contributed by atoms with Gasteiger partial charge in [0.2, 0.25) is 11.8 Å². The maximum Gasteiger partial charge on any atom is 0.338 e. The van der Waals surface area contributed by atoms with E-state index in [0.29, 0.717) is 29.5 Å². The van der Waals surface area contributed by atoms with Crippen molar-refractivity contribution >= 4 is 29.8 Å². The van der Waals surface area contributed by atoms with E-state index in [2.05, 4.69) is 19.2 Å². The van der Waals surface area contributed by atoms with Crippen LogP contribution in [0.1, 0.15) is 121 Å². The summed E-state index contributed by atoms with van der Waals surface area (Å²) in [6.07, 6.45) is 10.3. The minimum absolute atomic E-state index is 0.0271. The molecule has 1 aromatic rings. The number of carbonyl (C=O) groups excluding carboxylic acids is 4. The van der Waals surface area contributed by atoms with E-state index in [1.807, 2.05) is 0 Å². The number of rotatable bonds is 18. The van der Waals surface area contributed by atoms with Gasteiger partial charge in [0.15, 0.2) is 5.79 Å². The summed E-state index contributed by atoms with van der Waals surface area (Å²) < 4.78 is 24.9. The third-order valence-corrected chi connectivity index (χ3v) is 8.71. The fourth-order valence-corrected chi connectivity index (χ4v) is 6.06. The van der Waals surface area contributed by atoms with Crippen LogP contribution in [0.3, 0.4) is 0 Å². The number of esters is 2. The molecule has 50 heavy (non-hydrogen) atoms. The van der Waals surface area contributed by atoms with Crippen LogP contribution >= 0.6 is 0 Å². The molecule has 1 saturated heterocycles. The molecular formula is C39H58N2O9. The number of ether oxygens (including phenoxy) is 4. The van der Waals surface area contributed by atoms with Crippen LogP contribution in [0.2, 0.25) is 0 Å². The molecule has 0 saturated carbocycles. The molecule has 0 aromatic heterocycles. The summed E-state index contributed by atoms with van der Waals surface area (Å²) in [7, 11) is 3.32. The molecule has 4 atom stereocenters. The number of unbranched alkanes of at least 4 members (excludes halogenated alkanes) is 4. The summed E-state index contributed by atoms with van der Waals surface area (Å²) in [4.78, 5) is 53.1. The van der Waals surface area contributed by atoms with Crippen LogP contribution in [0, 0.1) is 0 Å². The molecule has 0 bridgehead atoms. The number of carbonyl (C=O) groups is 4. The number of fused-ring (bicyclic) bond motifs is 1. The number of likely N-dealkylation sites (N-methyl/N-ethyl adjacent to an activating group) is 1. The molecule has 1 aliphatic carbocycles. The number of aliphatic hydroxyl groups is 1. The first-order valence-corrected chi connectivity index (χ1v) is 18.1. The van der Waals surface area contributed by atoms with E-state index in [1.165, 1.54) is 11.0 Å². The Labute approximate surface area is 297 Å². The van der Waals surface area contributed by atoms with E-state index in [0.717, 1.165) is 38.5 Å². The molecule has 11 heteroatoms. The second-order valence-electron chi connectivity index (χ2n) is 14.5. The third-order valence-electron chi connectivity index (χ3n) is 8.71. The summed E-state index contributed by atoms with van der Waals surface area (Å²) in [5, 5.41) is 12.9. The lowest BCUT2D eigenvalue weighted by atomic mass is 9.91. The van der Waals surface area contributed by atoms with Crippen LogP contribution in [0.15, 0.2) is 42.0 Å². The van der Waals surface area contributed by atoms with Crippen molar-refractivity contribution in [2.45, 2.75) is 141 Å². The Kier molecular flexibility index (Phi) is 15.7. The second-order valence-corrected chi connectivity index (χ2v) is 14.5. The van der Waals surface area contributed by atoms with Gasteiger partial charge in [0.25, 0.3) is 0 Å². The number of nitrogens with one attached hydrogen (secondary N) is 1. The quantitative estimate of drug-likeness (QED) is 0.109. The van der Waals surface area contributed by atoms with Crippen LogP contribution in [-0.4, -0.2) is 90.2 Å². The molecule has 0 radical (unpaired) electrons. The van der Waals surface area contributed by atoms with Crippen molar-refractivity contribution in [3.8, 4) is 0 Å². The molecule has 1 aliphatic heterocycles. The Hall–Kier alpha value is -3.54. The lowest BCUT2D eigenvalue weighted by Gasteiger charge is -2.31. The fourth-order valence-electron chi connectivity index (χ4n) is 6.06. The summed E-state index contributed by atoms with van der Waals surface area (Å²) >= 11 is 0. The Morgan fingerprint density at radius 1 is 1.06 bits per heavy atom. The van der Waals surface area contributed by atoms with Gasteiger partial charge < -0.3 is 34.3 Å². The average Bonchev–Trinajstić information content (AvgIpc) is 3.43. The van der Waals surface area contributed by atoms with Crippen molar-refractivity contribution in [2.75, 3.05) is 20.7 Å². The van der Waals surface area contributed by atoms with Crippen LogP contribution < -0.4 is 5.32 Å².